The number of carbonyl (C=O) groups excluding carboxylic acids is 3. The van der Waals surface area contributed by atoms with E-state index in [0.29, 0.717) is 49.1 Å². The molecule has 3 aromatic carbocycles. The van der Waals surface area contributed by atoms with Gasteiger partial charge in [0.15, 0.2) is 0 Å². The predicted octanol–water partition coefficient (Wildman–Crippen LogP) is 7.84. The minimum Gasteiger partial charge on any atom is -0.368 e. The molecule has 4 aliphatic heterocycles. The Kier molecular flexibility index (Phi) is 10.9. The molecule has 5 fully saturated rings. The van der Waals surface area contributed by atoms with Crippen LogP contribution < -0.4 is 15.8 Å². The number of imide groups is 1. The molecule has 3 amide bonds. The zero-order valence-electron chi connectivity index (χ0n) is 34.6. The largest absolute Gasteiger partial charge is 0.368 e. The van der Waals surface area contributed by atoms with Gasteiger partial charge in [0, 0.05) is 60.8 Å². The van der Waals surface area contributed by atoms with Gasteiger partial charge in [0.1, 0.15) is 17.5 Å². The molecule has 61 heavy (non-hydrogen) atoms. The molecule has 0 radical (unpaired) electrons. The summed E-state index contributed by atoms with van der Waals surface area (Å²) in [5.74, 6) is -1.48. The van der Waals surface area contributed by atoms with Gasteiger partial charge in [0.2, 0.25) is 17.7 Å². The quantitative estimate of drug-likeness (QED) is 0.197. The number of anilines is 1. The van der Waals surface area contributed by atoms with Crippen LogP contribution in [0.3, 0.4) is 0 Å². The van der Waals surface area contributed by atoms with Gasteiger partial charge in [-0.25, -0.2) is 8.78 Å². The van der Waals surface area contributed by atoms with Gasteiger partial charge in [-0.05, 0) is 140 Å². The molecule has 10 nitrogen and oxygen atoms in total. The summed E-state index contributed by atoms with van der Waals surface area (Å²) < 4.78 is 33.5. The summed E-state index contributed by atoms with van der Waals surface area (Å²) in [6.45, 7) is 4.82. The lowest BCUT2D eigenvalue weighted by atomic mass is 9.69. The molecule has 6 aliphatic rings. The molecule has 2 saturated carbocycles. The molecule has 0 bridgehead atoms. The maximum atomic E-state index is 15.2. The number of hydrogen-bond donors (Lipinski definition) is 1. The molecule has 10 rings (SSSR count). The first-order valence-corrected chi connectivity index (χ1v) is 23.3. The van der Waals surface area contributed by atoms with Crippen LogP contribution in [-0.2, 0) is 19.8 Å². The first-order valence-electron chi connectivity index (χ1n) is 22.5. The molecule has 1 N–H and O–H groups in total. The lowest BCUT2D eigenvalue weighted by Gasteiger charge is -2.40. The maximum absolute atomic E-state index is 15.2. The van der Waals surface area contributed by atoms with Crippen molar-refractivity contribution in [3.8, 4) is 5.69 Å². The summed E-state index contributed by atoms with van der Waals surface area (Å²) in [7, 11) is 0. The molecule has 1 unspecified atom stereocenters. The average Bonchev–Trinajstić information content (AvgIpc) is 3.52. The highest BCUT2D eigenvalue weighted by atomic mass is 79.9. The summed E-state index contributed by atoms with van der Waals surface area (Å²) in [5.41, 5.74) is 4.61. The van der Waals surface area contributed by atoms with Gasteiger partial charge in [-0.1, -0.05) is 37.5 Å². The normalized spacial score (nSPS) is 24.5. The Balaban J connectivity index is 0.725. The fourth-order valence-electron chi connectivity index (χ4n) is 11.9. The van der Waals surface area contributed by atoms with E-state index in [1.54, 1.807) is 0 Å². The number of nitrogens with zero attached hydrogens (tertiary/aromatic N) is 5. The van der Waals surface area contributed by atoms with E-state index < -0.39 is 29.4 Å². The third-order valence-electron chi connectivity index (χ3n) is 15.2. The van der Waals surface area contributed by atoms with E-state index >= 15 is 8.78 Å². The number of fused-ring (bicyclic) bond motifs is 7. The zero-order valence-corrected chi connectivity index (χ0v) is 36.2. The second-order valence-electron chi connectivity index (χ2n) is 18.6. The molecule has 4 aromatic rings. The molecule has 5 heterocycles. The number of piperidine rings is 2. The molecule has 3 saturated heterocycles. The van der Waals surface area contributed by atoms with E-state index in [0.717, 1.165) is 86.8 Å². The predicted molar refractivity (Wildman–Crippen MR) is 233 cm³/mol. The SMILES string of the molecule is O=C1CCC(c2c(F)cc(N3CCN(C(=O)C4CCN(CC5CCC(c6ccc7c(c6)-n6c(nc(=O)c8c(Br)cccc86)C76CCCCC6)CC5)CC4)CC3)cc2F)C(=O)N1. The highest BCUT2D eigenvalue weighted by Crippen LogP contribution is 2.52. The van der Waals surface area contributed by atoms with Gasteiger partial charge in [-0.3, -0.25) is 29.1 Å². The summed E-state index contributed by atoms with van der Waals surface area (Å²) >= 11 is 3.65. The minimum atomic E-state index is -1.03. The fourth-order valence-corrected chi connectivity index (χ4v) is 12.4. The van der Waals surface area contributed by atoms with Gasteiger partial charge >= 0.3 is 0 Å². The standard InChI is InChI=1S/C48H53BrF2N6O4/c49-36-5-4-6-39-43(36)45(60)53-47-48(17-2-1-3-18-48)35-13-11-32(25-40(35)57(39)47)30-9-7-29(8-10-30)28-54-19-15-31(16-20-54)46(61)56-23-21-55(22-24-56)33-26-37(50)42(38(51)27-33)34-12-14-41(58)52-44(34)59/h4-6,11,13,25-27,29-31,34H,1-3,7-10,12,14-24,28H2,(H,52,58,59). The highest BCUT2D eigenvalue weighted by molar-refractivity contribution is 9.10. The van der Waals surface area contributed by atoms with Crippen molar-refractivity contribution in [1.29, 1.82) is 0 Å². The van der Waals surface area contributed by atoms with Crippen LogP contribution >= 0.6 is 15.9 Å². The number of rotatable bonds is 6. The van der Waals surface area contributed by atoms with Crippen molar-refractivity contribution in [3.63, 3.8) is 0 Å². The number of halogens is 3. The minimum absolute atomic E-state index is 0.00884. The molecule has 2 aliphatic carbocycles. The summed E-state index contributed by atoms with van der Waals surface area (Å²) in [6, 6.07) is 15.7. The smallest absolute Gasteiger partial charge is 0.281 e. The number of aromatic nitrogens is 2. The molecule has 1 spiro atoms. The fraction of sp³-hybridized carbons (Fsp3) is 0.521. The number of carbonyl (C=O) groups is 3. The summed E-state index contributed by atoms with van der Waals surface area (Å²) in [4.78, 5) is 62.1. The highest BCUT2D eigenvalue weighted by Gasteiger charge is 2.47. The van der Waals surface area contributed by atoms with Gasteiger partial charge in [0.25, 0.3) is 5.56 Å². The van der Waals surface area contributed by atoms with Crippen molar-refractivity contribution in [2.24, 2.45) is 11.8 Å². The molecule has 320 valence electrons. The van der Waals surface area contributed by atoms with Gasteiger partial charge < -0.3 is 14.7 Å². The number of nitrogens with one attached hydrogen (secondary N) is 1. The summed E-state index contributed by atoms with van der Waals surface area (Å²) in [5, 5.41) is 2.83. The van der Waals surface area contributed by atoms with E-state index in [1.165, 1.54) is 48.2 Å². The van der Waals surface area contributed by atoms with E-state index in [9.17, 15) is 19.2 Å². The van der Waals surface area contributed by atoms with Crippen LogP contribution in [0.25, 0.3) is 16.6 Å². The molecular weight excluding hydrogens is 842 g/mol. The van der Waals surface area contributed by atoms with Crippen LogP contribution in [0.5, 0.6) is 0 Å². The van der Waals surface area contributed by atoms with Gasteiger partial charge in [-0.15, -0.1) is 0 Å². The van der Waals surface area contributed by atoms with Crippen LogP contribution in [0.4, 0.5) is 14.5 Å². The number of likely N-dealkylation sites (tertiary alicyclic amines) is 1. The lowest BCUT2D eigenvalue weighted by molar-refractivity contribution is -0.137. The van der Waals surface area contributed by atoms with Crippen molar-refractivity contribution in [2.45, 2.75) is 101 Å². The number of amides is 3. The Morgan fingerprint density at radius 2 is 1.56 bits per heavy atom. The average molecular weight is 896 g/mol. The Morgan fingerprint density at radius 3 is 2.26 bits per heavy atom. The summed E-state index contributed by atoms with van der Waals surface area (Å²) in [6.07, 6.45) is 12.0. The van der Waals surface area contributed by atoms with Crippen molar-refractivity contribution in [1.82, 2.24) is 24.7 Å². The maximum Gasteiger partial charge on any atom is 0.281 e. The van der Waals surface area contributed by atoms with E-state index in [1.807, 2.05) is 21.9 Å². The third-order valence-corrected chi connectivity index (χ3v) is 15.8. The van der Waals surface area contributed by atoms with E-state index in [2.05, 4.69) is 55.0 Å². The van der Waals surface area contributed by atoms with Gasteiger partial charge in [-0.2, -0.15) is 4.98 Å². The Bertz CT molecular complexity index is 2440. The van der Waals surface area contributed by atoms with Crippen molar-refractivity contribution < 1.29 is 23.2 Å². The van der Waals surface area contributed by atoms with Crippen LogP contribution in [0.1, 0.15) is 118 Å². The molecule has 1 atom stereocenters. The Morgan fingerprint density at radius 1 is 0.836 bits per heavy atom. The first-order chi connectivity index (χ1) is 29.6. The van der Waals surface area contributed by atoms with Crippen LogP contribution in [0.15, 0.2) is 57.8 Å². The Hall–Kier alpha value is -4.49. The third kappa shape index (κ3) is 7.30. The number of piperazine rings is 1. The van der Waals surface area contributed by atoms with Crippen LogP contribution in [0, 0.1) is 23.5 Å². The van der Waals surface area contributed by atoms with Gasteiger partial charge in [0.05, 0.1) is 27.9 Å². The molecular formula is C48H53BrF2N6O4. The molecule has 13 heteroatoms. The zero-order chi connectivity index (χ0) is 42.0. The first kappa shape index (κ1) is 40.6. The topological polar surface area (TPSA) is 108 Å². The van der Waals surface area contributed by atoms with Crippen LogP contribution in [-0.4, -0.2) is 82.9 Å². The van der Waals surface area contributed by atoms with Crippen LogP contribution in [0.2, 0.25) is 0 Å². The number of benzene rings is 3. The van der Waals surface area contributed by atoms with E-state index in [-0.39, 0.29) is 41.2 Å². The monoisotopic (exact) mass is 894 g/mol. The van der Waals surface area contributed by atoms with Crippen molar-refractivity contribution in [2.75, 3.05) is 50.7 Å². The van der Waals surface area contributed by atoms with E-state index in [4.69, 9.17) is 4.98 Å². The van der Waals surface area contributed by atoms with Crippen molar-refractivity contribution in [3.05, 3.63) is 97.5 Å². The van der Waals surface area contributed by atoms with Crippen molar-refractivity contribution >= 4 is 50.2 Å². The molecule has 1 aromatic heterocycles. The second kappa shape index (κ2) is 16.3. The second-order valence-corrected chi connectivity index (χ2v) is 19.4. The number of hydrogen-bond acceptors (Lipinski definition) is 7. The lowest BCUT2D eigenvalue weighted by Crippen LogP contribution is -2.52. The Labute approximate surface area is 363 Å².